The number of benzene rings is 1. The fourth-order valence-electron chi connectivity index (χ4n) is 4.00. The second-order valence-electron chi connectivity index (χ2n) is 7.53. The summed E-state index contributed by atoms with van der Waals surface area (Å²) in [5.74, 6) is 1.01. The molecule has 0 saturated heterocycles. The summed E-state index contributed by atoms with van der Waals surface area (Å²) in [4.78, 5) is 9.77. The van der Waals surface area contributed by atoms with Gasteiger partial charge in [-0.2, -0.15) is 8.78 Å². The predicted octanol–water partition coefficient (Wildman–Crippen LogP) is 5.96. The van der Waals surface area contributed by atoms with Gasteiger partial charge in [0.25, 0.3) is 0 Å². The van der Waals surface area contributed by atoms with E-state index in [2.05, 4.69) is 19.2 Å². The van der Waals surface area contributed by atoms with Gasteiger partial charge in [-0.25, -0.2) is 9.97 Å². The highest BCUT2D eigenvalue weighted by atomic mass is 19.3. The van der Waals surface area contributed by atoms with Crippen LogP contribution in [0.4, 0.5) is 14.6 Å². The Bertz CT molecular complexity index is 851. The van der Waals surface area contributed by atoms with E-state index in [1.807, 2.05) is 19.9 Å². The van der Waals surface area contributed by atoms with Crippen LogP contribution in [0.15, 0.2) is 12.1 Å². The molecule has 0 aliphatic heterocycles. The number of hydrogen-bond donors (Lipinski definition) is 1. The first kappa shape index (κ1) is 21.5. The van der Waals surface area contributed by atoms with Crippen molar-refractivity contribution in [1.82, 2.24) is 9.97 Å². The third-order valence-electron chi connectivity index (χ3n) is 5.70. The Morgan fingerprint density at radius 2 is 1.62 bits per heavy atom. The Morgan fingerprint density at radius 1 is 0.966 bits per heavy atom. The van der Waals surface area contributed by atoms with Gasteiger partial charge in [0.05, 0.1) is 17.1 Å². The summed E-state index contributed by atoms with van der Waals surface area (Å²) >= 11 is 0. The van der Waals surface area contributed by atoms with E-state index in [0.717, 1.165) is 54.9 Å². The van der Waals surface area contributed by atoms with Crippen molar-refractivity contribution in [3.8, 4) is 17.0 Å². The normalized spacial score (nSPS) is 13.2. The van der Waals surface area contributed by atoms with Gasteiger partial charge in [0, 0.05) is 11.6 Å². The van der Waals surface area contributed by atoms with Gasteiger partial charge >= 0.3 is 6.61 Å². The summed E-state index contributed by atoms with van der Waals surface area (Å²) in [7, 11) is 0. The van der Waals surface area contributed by atoms with E-state index in [1.165, 1.54) is 5.56 Å². The Labute approximate surface area is 172 Å². The van der Waals surface area contributed by atoms with Gasteiger partial charge in [0.1, 0.15) is 11.6 Å². The smallest absolute Gasteiger partial charge is 0.387 e. The van der Waals surface area contributed by atoms with Gasteiger partial charge in [-0.1, -0.05) is 27.7 Å². The Balaban J connectivity index is 2.12. The molecule has 2 aromatic rings. The maximum absolute atomic E-state index is 13.1. The van der Waals surface area contributed by atoms with E-state index < -0.39 is 6.61 Å². The molecule has 158 valence electrons. The van der Waals surface area contributed by atoms with Crippen molar-refractivity contribution in [2.45, 2.75) is 85.3 Å². The van der Waals surface area contributed by atoms with Crippen molar-refractivity contribution in [3.05, 3.63) is 34.6 Å². The molecule has 3 rings (SSSR count). The molecule has 1 heterocycles. The van der Waals surface area contributed by atoms with Crippen LogP contribution in [0.3, 0.4) is 0 Å². The number of hydrogen-bond acceptors (Lipinski definition) is 4. The number of nitrogens with zero attached hydrogens (tertiary/aromatic N) is 2. The van der Waals surface area contributed by atoms with Crippen molar-refractivity contribution < 1.29 is 13.5 Å². The van der Waals surface area contributed by atoms with Crippen molar-refractivity contribution in [3.63, 3.8) is 0 Å². The van der Waals surface area contributed by atoms with Crippen LogP contribution in [0.5, 0.6) is 5.75 Å². The third kappa shape index (κ3) is 4.68. The van der Waals surface area contributed by atoms with Gasteiger partial charge in [-0.05, 0) is 68.2 Å². The van der Waals surface area contributed by atoms with Gasteiger partial charge in [-0.3, -0.25) is 0 Å². The van der Waals surface area contributed by atoms with Crippen LogP contribution in [-0.2, 0) is 25.7 Å². The molecule has 4 nitrogen and oxygen atoms in total. The molecule has 0 spiro atoms. The molecule has 0 saturated carbocycles. The number of aromatic nitrogens is 2. The number of anilines is 1. The highest BCUT2D eigenvalue weighted by Gasteiger charge is 2.23. The lowest BCUT2D eigenvalue weighted by molar-refractivity contribution is -0.0495. The Hall–Kier alpha value is -2.24. The molecule has 0 fully saturated rings. The Kier molecular flexibility index (Phi) is 7.04. The van der Waals surface area contributed by atoms with Crippen molar-refractivity contribution in [2.24, 2.45) is 0 Å². The molecule has 1 aromatic carbocycles. The molecule has 0 amide bonds. The molecule has 6 heteroatoms. The van der Waals surface area contributed by atoms with Crippen LogP contribution in [0.1, 0.15) is 69.5 Å². The monoisotopic (exact) mass is 403 g/mol. The molecular formula is C23H31F2N3O. The SMILES string of the molecule is CCc1nc(-c2cc3c(cc2OC(F)F)CCC3)c(CC)nc1NC(CC)CC. The topological polar surface area (TPSA) is 47.0 Å². The molecule has 0 bridgehead atoms. The lowest BCUT2D eigenvalue weighted by Crippen LogP contribution is -2.20. The molecule has 1 aromatic heterocycles. The number of aryl methyl sites for hydroxylation is 4. The summed E-state index contributed by atoms with van der Waals surface area (Å²) in [5, 5.41) is 3.51. The maximum atomic E-state index is 13.1. The first-order valence-corrected chi connectivity index (χ1v) is 10.8. The summed E-state index contributed by atoms with van der Waals surface area (Å²) in [6, 6.07) is 4.09. The summed E-state index contributed by atoms with van der Waals surface area (Å²) in [5.41, 5.74) is 5.23. The number of alkyl halides is 2. The largest absolute Gasteiger partial charge is 0.434 e. The summed E-state index contributed by atoms with van der Waals surface area (Å²) in [6.07, 6.45) is 6.28. The second-order valence-corrected chi connectivity index (χ2v) is 7.53. The minimum Gasteiger partial charge on any atom is -0.434 e. The first-order valence-electron chi connectivity index (χ1n) is 10.8. The van der Waals surface area contributed by atoms with E-state index >= 15 is 0 Å². The zero-order chi connectivity index (χ0) is 21.0. The van der Waals surface area contributed by atoms with Crippen LogP contribution in [0.25, 0.3) is 11.3 Å². The van der Waals surface area contributed by atoms with E-state index in [-0.39, 0.29) is 5.75 Å². The van der Waals surface area contributed by atoms with Crippen LogP contribution in [0, 0.1) is 0 Å². The Morgan fingerprint density at radius 3 is 2.21 bits per heavy atom. The van der Waals surface area contributed by atoms with Gasteiger partial charge in [0.2, 0.25) is 0 Å². The van der Waals surface area contributed by atoms with Crippen LogP contribution in [0.2, 0.25) is 0 Å². The third-order valence-corrected chi connectivity index (χ3v) is 5.70. The van der Waals surface area contributed by atoms with Crippen LogP contribution < -0.4 is 10.1 Å². The molecule has 1 aliphatic rings. The molecule has 1 aliphatic carbocycles. The van der Waals surface area contributed by atoms with Crippen molar-refractivity contribution >= 4 is 5.82 Å². The van der Waals surface area contributed by atoms with E-state index in [9.17, 15) is 8.78 Å². The number of fused-ring (bicyclic) bond motifs is 1. The van der Waals surface area contributed by atoms with Gasteiger partial charge < -0.3 is 10.1 Å². The van der Waals surface area contributed by atoms with E-state index in [4.69, 9.17) is 14.7 Å². The zero-order valence-electron chi connectivity index (χ0n) is 17.8. The van der Waals surface area contributed by atoms with Crippen molar-refractivity contribution in [1.29, 1.82) is 0 Å². The number of halogens is 2. The fourth-order valence-corrected chi connectivity index (χ4v) is 4.00. The quantitative estimate of drug-likeness (QED) is 0.561. The lowest BCUT2D eigenvalue weighted by atomic mass is 10.0. The molecular weight excluding hydrogens is 372 g/mol. The average molecular weight is 404 g/mol. The maximum Gasteiger partial charge on any atom is 0.387 e. The molecule has 29 heavy (non-hydrogen) atoms. The van der Waals surface area contributed by atoms with E-state index in [0.29, 0.717) is 30.1 Å². The summed E-state index contributed by atoms with van der Waals surface area (Å²) in [6.45, 7) is 5.48. The van der Waals surface area contributed by atoms with Gasteiger partial charge in [-0.15, -0.1) is 0 Å². The lowest BCUT2D eigenvalue weighted by Gasteiger charge is -2.21. The number of ether oxygens (including phenoxy) is 1. The number of rotatable bonds is 9. The minimum atomic E-state index is -2.87. The number of nitrogens with one attached hydrogen (secondary N) is 1. The standard InChI is InChI=1S/C23H31F2N3O/c1-5-16(6-2)26-22-19(8-4)27-21(18(7-3)28-22)17-12-14-10-9-11-15(14)13-20(17)29-23(24)25/h12-13,16,23H,5-11H2,1-4H3,(H,26,28). The summed E-state index contributed by atoms with van der Waals surface area (Å²) < 4.78 is 31.1. The van der Waals surface area contributed by atoms with Crippen LogP contribution >= 0.6 is 0 Å². The highest BCUT2D eigenvalue weighted by Crippen LogP contribution is 2.38. The molecule has 0 atom stereocenters. The van der Waals surface area contributed by atoms with Gasteiger partial charge in [0.15, 0.2) is 0 Å². The zero-order valence-corrected chi connectivity index (χ0v) is 17.8. The minimum absolute atomic E-state index is 0.201. The first-order chi connectivity index (χ1) is 14.0. The van der Waals surface area contributed by atoms with Crippen molar-refractivity contribution in [2.75, 3.05) is 5.32 Å². The van der Waals surface area contributed by atoms with E-state index in [1.54, 1.807) is 6.07 Å². The second kappa shape index (κ2) is 9.51. The van der Waals surface area contributed by atoms with Crippen LogP contribution in [-0.4, -0.2) is 22.6 Å². The predicted molar refractivity (Wildman–Crippen MR) is 113 cm³/mol. The molecule has 1 N–H and O–H groups in total. The molecule has 0 radical (unpaired) electrons. The molecule has 0 unspecified atom stereocenters. The fraction of sp³-hybridized carbons (Fsp3) is 0.565. The average Bonchev–Trinajstić information content (AvgIpc) is 3.17. The highest BCUT2D eigenvalue weighted by molar-refractivity contribution is 5.72.